The zero-order valence-corrected chi connectivity index (χ0v) is 16.4. The lowest BCUT2D eigenvalue weighted by molar-refractivity contribution is -0.121. The summed E-state index contributed by atoms with van der Waals surface area (Å²) in [5.74, 6) is -0.117. The molecule has 1 amide bonds. The Morgan fingerprint density at radius 3 is 2.39 bits per heavy atom. The molecule has 4 nitrogen and oxygen atoms in total. The average Bonchev–Trinajstić information content (AvgIpc) is 3.05. The number of nitrogens with zero attached hydrogens (tertiary/aromatic N) is 2. The number of nitrogens with one attached hydrogen (secondary N) is 1. The molecule has 140 valence electrons. The first-order valence-corrected chi connectivity index (χ1v) is 9.58. The van der Waals surface area contributed by atoms with Crippen molar-refractivity contribution in [1.82, 2.24) is 15.1 Å². The van der Waals surface area contributed by atoms with Crippen LogP contribution in [-0.2, 0) is 17.9 Å². The molecule has 0 aliphatic rings. The van der Waals surface area contributed by atoms with Crippen molar-refractivity contribution in [2.75, 3.05) is 0 Å². The van der Waals surface area contributed by atoms with Crippen LogP contribution in [0.1, 0.15) is 5.56 Å². The summed E-state index contributed by atoms with van der Waals surface area (Å²) >= 11 is 12.1. The third kappa shape index (κ3) is 4.03. The van der Waals surface area contributed by atoms with E-state index in [9.17, 15) is 4.79 Å². The number of rotatable bonds is 5. The summed E-state index contributed by atoms with van der Waals surface area (Å²) in [4.78, 5) is 12.5. The minimum atomic E-state index is -0.117. The molecule has 4 aromatic rings. The van der Waals surface area contributed by atoms with Crippen LogP contribution >= 0.6 is 23.2 Å². The summed E-state index contributed by atoms with van der Waals surface area (Å²) in [5.41, 5.74) is 3.64. The number of amides is 1. The molecule has 3 aromatic carbocycles. The second-order valence-electron chi connectivity index (χ2n) is 6.44. The lowest BCUT2D eigenvalue weighted by Gasteiger charge is -2.07. The van der Waals surface area contributed by atoms with Crippen LogP contribution in [0.2, 0.25) is 10.0 Å². The molecule has 0 aliphatic heterocycles. The van der Waals surface area contributed by atoms with E-state index in [0.29, 0.717) is 16.6 Å². The van der Waals surface area contributed by atoms with Crippen LogP contribution in [-0.4, -0.2) is 15.7 Å². The summed E-state index contributed by atoms with van der Waals surface area (Å²) in [6.07, 6.45) is 0. The molecule has 6 heteroatoms. The number of benzene rings is 3. The van der Waals surface area contributed by atoms with E-state index in [2.05, 4.69) is 10.4 Å². The lowest BCUT2D eigenvalue weighted by Crippen LogP contribution is -2.27. The van der Waals surface area contributed by atoms with E-state index < -0.39 is 0 Å². The fourth-order valence-corrected chi connectivity index (χ4v) is 3.37. The van der Waals surface area contributed by atoms with Crippen LogP contribution in [0, 0.1) is 0 Å². The van der Waals surface area contributed by atoms with Crippen molar-refractivity contribution in [3.05, 3.63) is 88.4 Å². The van der Waals surface area contributed by atoms with Gasteiger partial charge < -0.3 is 5.32 Å². The van der Waals surface area contributed by atoms with Crippen molar-refractivity contribution in [3.8, 4) is 11.3 Å². The smallest absolute Gasteiger partial charge is 0.242 e. The number of carbonyl (C=O) groups is 1. The number of hydrogen-bond acceptors (Lipinski definition) is 2. The van der Waals surface area contributed by atoms with Crippen LogP contribution in [0.3, 0.4) is 0 Å². The first-order valence-electron chi connectivity index (χ1n) is 8.83. The summed E-state index contributed by atoms with van der Waals surface area (Å²) < 4.78 is 1.71. The molecule has 0 spiro atoms. The molecule has 0 atom stereocenters. The zero-order valence-electron chi connectivity index (χ0n) is 14.9. The molecular formula is C22H17Cl2N3O. The molecule has 0 aliphatic carbocycles. The van der Waals surface area contributed by atoms with Gasteiger partial charge in [-0.2, -0.15) is 5.10 Å². The van der Waals surface area contributed by atoms with Crippen LogP contribution in [0.15, 0.2) is 72.8 Å². The van der Waals surface area contributed by atoms with E-state index in [4.69, 9.17) is 23.2 Å². The number of aromatic nitrogens is 2. The molecule has 0 unspecified atom stereocenters. The quantitative estimate of drug-likeness (QED) is 0.484. The van der Waals surface area contributed by atoms with E-state index in [0.717, 1.165) is 27.7 Å². The van der Waals surface area contributed by atoms with E-state index in [-0.39, 0.29) is 12.5 Å². The third-order valence-electron chi connectivity index (χ3n) is 4.46. The van der Waals surface area contributed by atoms with Gasteiger partial charge >= 0.3 is 0 Å². The summed E-state index contributed by atoms with van der Waals surface area (Å²) in [6, 6.07) is 22.8. The highest BCUT2D eigenvalue weighted by atomic mass is 35.5. The fraction of sp³-hybridized carbons (Fsp3) is 0.0909. The van der Waals surface area contributed by atoms with Gasteiger partial charge in [0.05, 0.1) is 5.52 Å². The van der Waals surface area contributed by atoms with Crippen LogP contribution in [0.5, 0.6) is 0 Å². The number of carbonyl (C=O) groups excluding carboxylic acids is 1. The molecule has 1 heterocycles. The highest BCUT2D eigenvalue weighted by Crippen LogP contribution is 2.30. The van der Waals surface area contributed by atoms with Gasteiger partial charge in [-0.1, -0.05) is 65.7 Å². The molecule has 4 rings (SSSR count). The number of fused-ring (bicyclic) bond motifs is 1. The maximum atomic E-state index is 12.5. The predicted molar refractivity (Wildman–Crippen MR) is 113 cm³/mol. The van der Waals surface area contributed by atoms with Crippen molar-refractivity contribution in [3.63, 3.8) is 0 Å². The first kappa shape index (κ1) is 18.5. The second kappa shape index (κ2) is 8.05. The van der Waals surface area contributed by atoms with Gasteiger partial charge in [-0.15, -0.1) is 0 Å². The molecule has 0 fully saturated rings. The van der Waals surface area contributed by atoms with Crippen LogP contribution in [0.25, 0.3) is 22.2 Å². The minimum Gasteiger partial charge on any atom is -0.350 e. The number of halogens is 2. The Morgan fingerprint density at radius 1 is 0.929 bits per heavy atom. The maximum Gasteiger partial charge on any atom is 0.242 e. The summed E-state index contributed by atoms with van der Waals surface area (Å²) in [5, 5.41) is 9.84. The second-order valence-corrected chi connectivity index (χ2v) is 7.31. The van der Waals surface area contributed by atoms with Gasteiger partial charge in [0, 0.05) is 27.5 Å². The van der Waals surface area contributed by atoms with Crippen LogP contribution in [0.4, 0.5) is 0 Å². The van der Waals surface area contributed by atoms with Crippen molar-refractivity contribution in [2.45, 2.75) is 13.1 Å². The van der Waals surface area contributed by atoms with Gasteiger partial charge in [0.2, 0.25) is 5.91 Å². The highest BCUT2D eigenvalue weighted by Gasteiger charge is 2.14. The Kier molecular flexibility index (Phi) is 5.33. The molecule has 0 bridgehead atoms. The number of hydrogen-bond donors (Lipinski definition) is 1. The van der Waals surface area contributed by atoms with Gasteiger partial charge in [0.15, 0.2) is 0 Å². The van der Waals surface area contributed by atoms with E-state index >= 15 is 0 Å². The molecule has 0 saturated carbocycles. The van der Waals surface area contributed by atoms with E-state index in [1.165, 1.54) is 0 Å². The fourth-order valence-electron chi connectivity index (χ4n) is 3.08. The standard InChI is InChI=1S/C22H17Cl2N3O/c23-17-8-6-15(7-9-17)13-25-21(28)14-27-20-11-10-18(24)12-19(20)22(26-27)16-4-2-1-3-5-16/h1-12H,13-14H2,(H,25,28). The molecule has 1 N–H and O–H groups in total. The largest absolute Gasteiger partial charge is 0.350 e. The third-order valence-corrected chi connectivity index (χ3v) is 4.94. The predicted octanol–water partition coefficient (Wildman–Crippen LogP) is 5.33. The van der Waals surface area contributed by atoms with Gasteiger partial charge in [0.25, 0.3) is 0 Å². The molecule has 1 aromatic heterocycles. The van der Waals surface area contributed by atoms with Gasteiger partial charge in [-0.25, -0.2) is 0 Å². The Morgan fingerprint density at radius 2 is 1.64 bits per heavy atom. The maximum absolute atomic E-state index is 12.5. The normalized spacial score (nSPS) is 10.9. The Labute approximate surface area is 172 Å². The van der Waals surface area contributed by atoms with E-state index in [1.807, 2.05) is 60.7 Å². The molecule has 28 heavy (non-hydrogen) atoms. The monoisotopic (exact) mass is 409 g/mol. The zero-order chi connectivity index (χ0) is 19.5. The summed E-state index contributed by atoms with van der Waals surface area (Å²) in [6.45, 7) is 0.561. The topological polar surface area (TPSA) is 46.9 Å². The minimum absolute atomic E-state index is 0.117. The van der Waals surface area contributed by atoms with Crippen molar-refractivity contribution < 1.29 is 4.79 Å². The average molecular weight is 410 g/mol. The SMILES string of the molecule is O=C(Cn1nc(-c2ccccc2)c2cc(Cl)ccc21)NCc1ccc(Cl)cc1. The van der Waals surface area contributed by atoms with Gasteiger partial charge in [0.1, 0.15) is 12.2 Å². The molecule has 0 saturated heterocycles. The van der Waals surface area contributed by atoms with Crippen molar-refractivity contribution >= 4 is 40.0 Å². The Balaban J connectivity index is 1.58. The lowest BCUT2D eigenvalue weighted by atomic mass is 10.1. The van der Waals surface area contributed by atoms with Crippen molar-refractivity contribution in [2.24, 2.45) is 0 Å². The van der Waals surface area contributed by atoms with E-state index in [1.54, 1.807) is 16.8 Å². The Hall–Kier alpha value is -2.82. The van der Waals surface area contributed by atoms with Gasteiger partial charge in [-0.3, -0.25) is 9.48 Å². The first-order chi connectivity index (χ1) is 13.6. The Bertz CT molecular complexity index is 1120. The van der Waals surface area contributed by atoms with Gasteiger partial charge in [-0.05, 0) is 35.9 Å². The van der Waals surface area contributed by atoms with Crippen LogP contribution < -0.4 is 5.32 Å². The molecule has 0 radical (unpaired) electrons. The molecular weight excluding hydrogens is 393 g/mol. The van der Waals surface area contributed by atoms with Crippen molar-refractivity contribution in [1.29, 1.82) is 0 Å². The highest BCUT2D eigenvalue weighted by molar-refractivity contribution is 6.31. The summed E-state index contributed by atoms with van der Waals surface area (Å²) in [7, 11) is 0.